The van der Waals surface area contributed by atoms with Gasteiger partial charge in [0.15, 0.2) is 0 Å². The first kappa shape index (κ1) is 10.2. The first-order valence-electron chi connectivity index (χ1n) is 4.76. The quantitative estimate of drug-likeness (QED) is 0.711. The third kappa shape index (κ3) is 2.39. The summed E-state index contributed by atoms with van der Waals surface area (Å²) >= 11 is 1.37. The van der Waals surface area contributed by atoms with Crippen LogP contribution in [0.4, 0.5) is 10.1 Å². The number of rotatable bonds is 2. The topological polar surface area (TPSA) is 15.6 Å². The minimum atomic E-state index is -0.220. The Kier molecular flexibility index (Phi) is 3.06. The lowest BCUT2D eigenvalue weighted by molar-refractivity contribution is 0.628. The minimum Gasteiger partial charge on any atom is -0.273 e. The molecule has 0 amide bonds. The van der Waals surface area contributed by atoms with Crippen LogP contribution in [0.3, 0.4) is 0 Å². The van der Waals surface area contributed by atoms with Gasteiger partial charge in [0.2, 0.25) is 0 Å². The lowest BCUT2D eigenvalue weighted by atomic mass is 10.3. The van der Waals surface area contributed by atoms with Gasteiger partial charge in [-0.2, -0.15) is 4.40 Å². The molecule has 0 aromatic heterocycles. The molecule has 0 bridgehead atoms. The molecule has 1 aromatic carbocycles. The molecule has 2 nitrogen and oxygen atoms in total. The van der Waals surface area contributed by atoms with E-state index in [-0.39, 0.29) is 5.82 Å². The monoisotopic (exact) mass is 222 g/mol. The minimum absolute atomic E-state index is 0.220. The van der Waals surface area contributed by atoms with Gasteiger partial charge < -0.3 is 0 Å². The van der Waals surface area contributed by atoms with Crippen LogP contribution in [0.5, 0.6) is 0 Å². The van der Waals surface area contributed by atoms with E-state index in [4.69, 9.17) is 0 Å². The molecule has 0 atom stereocenters. The van der Waals surface area contributed by atoms with Crippen molar-refractivity contribution in [3.8, 4) is 0 Å². The molecule has 0 saturated heterocycles. The second kappa shape index (κ2) is 4.49. The van der Waals surface area contributed by atoms with E-state index in [0.29, 0.717) is 0 Å². The first-order valence-corrected chi connectivity index (χ1v) is 5.49. The summed E-state index contributed by atoms with van der Waals surface area (Å²) in [4.78, 5) is 0. The van der Waals surface area contributed by atoms with Crippen molar-refractivity contribution in [3.63, 3.8) is 0 Å². The van der Waals surface area contributed by atoms with Gasteiger partial charge >= 0.3 is 0 Å². The molecule has 0 aliphatic carbocycles. The van der Waals surface area contributed by atoms with E-state index >= 15 is 0 Å². The number of hydrogen-bond acceptors (Lipinski definition) is 3. The summed E-state index contributed by atoms with van der Waals surface area (Å²) < 4.78 is 18.9. The average Bonchev–Trinajstić information content (AvgIpc) is 2.30. The molecule has 1 aromatic rings. The molecule has 1 heterocycles. The zero-order valence-electron chi connectivity index (χ0n) is 8.35. The Labute approximate surface area is 92.8 Å². The van der Waals surface area contributed by atoms with Crippen LogP contribution in [0.1, 0.15) is 13.3 Å². The number of hydrogen-bond donors (Lipinski definition) is 0. The van der Waals surface area contributed by atoms with Crippen LogP contribution in [-0.2, 0) is 0 Å². The molecular weight excluding hydrogens is 211 g/mol. The predicted octanol–water partition coefficient (Wildman–Crippen LogP) is 3.57. The first-order chi connectivity index (χ1) is 7.29. The standard InChI is InChI=1S/C11H11FN2S/c1-2-10-7-8-14(15-13-10)11-5-3-9(12)4-6-11/h3-8H,2H2,1H3. The van der Waals surface area contributed by atoms with Crippen LogP contribution in [0.15, 0.2) is 40.9 Å². The summed E-state index contributed by atoms with van der Waals surface area (Å²) in [5.74, 6) is -0.220. The molecule has 0 unspecified atom stereocenters. The molecule has 0 radical (unpaired) electrons. The number of nitrogens with zero attached hydrogens (tertiary/aromatic N) is 2. The van der Waals surface area contributed by atoms with E-state index in [1.807, 2.05) is 16.6 Å². The van der Waals surface area contributed by atoms with Crippen molar-refractivity contribution < 1.29 is 4.39 Å². The van der Waals surface area contributed by atoms with Gasteiger partial charge in [0.05, 0.1) is 23.5 Å². The van der Waals surface area contributed by atoms with E-state index in [0.717, 1.165) is 17.8 Å². The predicted molar refractivity (Wildman–Crippen MR) is 63.3 cm³/mol. The van der Waals surface area contributed by atoms with Gasteiger partial charge in [0.25, 0.3) is 0 Å². The molecular formula is C11H11FN2S. The maximum absolute atomic E-state index is 12.7. The number of benzene rings is 1. The highest BCUT2D eigenvalue weighted by molar-refractivity contribution is 7.99. The highest BCUT2D eigenvalue weighted by Gasteiger charge is 2.08. The van der Waals surface area contributed by atoms with E-state index in [9.17, 15) is 4.39 Å². The van der Waals surface area contributed by atoms with E-state index in [2.05, 4.69) is 11.3 Å². The number of halogens is 1. The van der Waals surface area contributed by atoms with Crippen LogP contribution in [0, 0.1) is 5.82 Å². The van der Waals surface area contributed by atoms with Gasteiger partial charge in [-0.3, -0.25) is 4.31 Å². The maximum atomic E-state index is 12.7. The zero-order valence-corrected chi connectivity index (χ0v) is 9.17. The average molecular weight is 222 g/mol. The van der Waals surface area contributed by atoms with Crippen LogP contribution in [-0.4, -0.2) is 5.71 Å². The molecule has 2 rings (SSSR count). The molecule has 1 aliphatic rings. The lowest BCUT2D eigenvalue weighted by Gasteiger charge is -2.19. The van der Waals surface area contributed by atoms with Crippen molar-refractivity contribution in [1.82, 2.24) is 0 Å². The van der Waals surface area contributed by atoms with Gasteiger partial charge in [0.1, 0.15) is 5.82 Å². The molecule has 0 saturated carbocycles. The molecule has 4 heteroatoms. The smallest absolute Gasteiger partial charge is 0.123 e. The molecule has 0 N–H and O–H groups in total. The van der Waals surface area contributed by atoms with Crippen LogP contribution in [0.25, 0.3) is 0 Å². The fourth-order valence-corrected chi connectivity index (χ4v) is 1.93. The molecule has 0 spiro atoms. The highest BCUT2D eigenvalue weighted by Crippen LogP contribution is 2.26. The Morgan fingerprint density at radius 1 is 1.33 bits per heavy atom. The second-order valence-electron chi connectivity index (χ2n) is 3.14. The molecule has 78 valence electrons. The third-order valence-corrected chi connectivity index (χ3v) is 2.92. The fourth-order valence-electron chi connectivity index (χ4n) is 1.21. The Hall–Kier alpha value is -1.29. The van der Waals surface area contributed by atoms with Gasteiger partial charge in [-0.1, -0.05) is 6.92 Å². The summed E-state index contributed by atoms with van der Waals surface area (Å²) in [7, 11) is 0. The van der Waals surface area contributed by atoms with Crippen molar-refractivity contribution in [2.75, 3.05) is 4.31 Å². The lowest BCUT2D eigenvalue weighted by Crippen LogP contribution is -2.09. The summed E-state index contributed by atoms with van der Waals surface area (Å²) in [6.07, 6.45) is 4.85. The molecule has 1 aliphatic heterocycles. The zero-order chi connectivity index (χ0) is 10.7. The fraction of sp³-hybridized carbons (Fsp3) is 0.182. The molecule has 15 heavy (non-hydrogen) atoms. The van der Waals surface area contributed by atoms with Crippen molar-refractivity contribution in [2.24, 2.45) is 4.40 Å². The van der Waals surface area contributed by atoms with Crippen molar-refractivity contribution in [1.29, 1.82) is 0 Å². The van der Waals surface area contributed by atoms with Gasteiger partial charge in [-0.05, 0) is 36.8 Å². The van der Waals surface area contributed by atoms with Crippen LogP contribution >= 0.6 is 12.1 Å². The third-order valence-electron chi connectivity index (χ3n) is 2.09. The van der Waals surface area contributed by atoms with Crippen molar-refractivity contribution in [2.45, 2.75) is 13.3 Å². The van der Waals surface area contributed by atoms with E-state index < -0.39 is 0 Å². The van der Waals surface area contributed by atoms with Crippen molar-refractivity contribution in [3.05, 3.63) is 42.4 Å². The highest BCUT2D eigenvalue weighted by atomic mass is 32.2. The second-order valence-corrected chi connectivity index (χ2v) is 3.88. The Balaban J connectivity index is 2.12. The summed E-state index contributed by atoms with van der Waals surface area (Å²) in [5.41, 5.74) is 2.00. The van der Waals surface area contributed by atoms with Gasteiger partial charge in [0, 0.05) is 6.20 Å². The SMILES string of the molecule is CCC1=NSN(c2ccc(F)cc2)C=C1. The Morgan fingerprint density at radius 3 is 2.60 bits per heavy atom. The van der Waals surface area contributed by atoms with Crippen molar-refractivity contribution >= 4 is 23.5 Å². The summed E-state index contributed by atoms with van der Waals surface area (Å²) in [6, 6.07) is 6.36. The Morgan fingerprint density at radius 2 is 2.07 bits per heavy atom. The number of allylic oxidation sites excluding steroid dienone is 1. The van der Waals surface area contributed by atoms with Crippen LogP contribution < -0.4 is 4.31 Å². The number of anilines is 1. The van der Waals surface area contributed by atoms with Gasteiger partial charge in [-0.25, -0.2) is 4.39 Å². The summed E-state index contributed by atoms with van der Waals surface area (Å²) in [5, 5.41) is 0. The normalized spacial score (nSPS) is 15.3. The summed E-state index contributed by atoms with van der Waals surface area (Å²) in [6.45, 7) is 2.07. The van der Waals surface area contributed by atoms with Crippen LogP contribution in [0.2, 0.25) is 0 Å². The van der Waals surface area contributed by atoms with E-state index in [1.165, 1.54) is 24.3 Å². The maximum Gasteiger partial charge on any atom is 0.123 e. The van der Waals surface area contributed by atoms with E-state index in [1.54, 1.807) is 12.1 Å². The Bertz CT molecular complexity index is 398. The molecule has 0 fully saturated rings. The largest absolute Gasteiger partial charge is 0.273 e. The van der Waals surface area contributed by atoms with Gasteiger partial charge in [-0.15, -0.1) is 0 Å².